The second-order valence-electron chi connectivity index (χ2n) is 5.84. The van der Waals surface area contributed by atoms with Gasteiger partial charge in [0, 0.05) is 13.0 Å². The standard InChI is InChI=1S/C16H22O4/c1-18-14-5-4-12(10-16(17)6-7-16)9-15(14)20-13-3-2-8-19-11-13/h4-5,9,13,17H,2-3,6-8,10-11H2,1H3. The maximum Gasteiger partial charge on any atom is 0.161 e. The Labute approximate surface area is 119 Å². The average molecular weight is 278 g/mol. The second kappa shape index (κ2) is 5.62. The van der Waals surface area contributed by atoms with E-state index >= 15 is 0 Å². The molecule has 3 rings (SSSR count). The van der Waals surface area contributed by atoms with Gasteiger partial charge in [0.05, 0.1) is 19.3 Å². The molecule has 1 saturated carbocycles. The Balaban J connectivity index is 1.73. The summed E-state index contributed by atoms with van der Waals surface area (Å²) in [5.74, 6) is 1.49. The zero-order chi connectivity index (χ0) is 14.0. The number of benzene rings is 1. The number of rotatable bonds is 5. The van der Waals surface area contributed by atoms with Crippen LogP contribution in [-0.2, 0) is 11.2 Å². The van der Waals surface area contributed by atoms with Gasteiger partial charge in [0.25, 0.3) is 0 Å². The first-order valence-electron chi connectivity index (χ1n) is 7.32. The summed E-state index contributed by atoms with van der Waals surface area (Å²) in [5.41, 5.74) is 0.609. The normalized spacial score (nSPS) is 24.2. The topological polar surface area (TPSA) is 47.9 Å². The van der Waals surface area contributed by atoms with Crippen LogP contribution in [0.2, 0.25) is 0 Å². The maximum absolute atomic E-state index is 10.0. The highest BCUT2D eigenvalue weighted by Gasteiger charge is 2.40. The van der Waals surface area contributed by atoms with Crippen molar-refractivity contribution in [1.82, 2.24) is 0 Å². The fourth-order valence-corrected chi connectivity index (χ4v) is 2.61. The quantitative estimate of drug-likeness (QED) is 0.898. The first kappa shape index (κ1) is 13.7. The molecule has 0 spiro atoms. The van der Waals surface area contributed by atoms with E-state index in [4.69, 9.17) is 14.2 Å². The zero-order valence-electron chi connectivity index (χ0n) is 11.9. The van der Waals surface area contributed by atoms with E-state index in [9.17, 15) is 5.11 Å². The third kappa shape index (κ3) is 3.25. The molecule has 1 atom stereocenters. The second-order valence-corrected chi connectivity index (χ2v) is 5.84. The highest BCUT2D eigenvalue weighted by molar-refractivity contribution is 5.43. The van der Waals surface area contributed by atoms with Crippen LogP contribution in [-0.4, -0.2) is 37.1 Å². The van der Waals surface area contributed by atoms with Gasteiger partial charge in [-0.3, -0.25) is 0 Å². The predicted molar refractivity (Wildman–Crippen MR) is 75.4 cm³/mol. The van der Waals surface area contributed by atoms with E-state index in [1.807, 2.05) is 18.2 Å². The maximum atomic E-state index is 10.0. The molecule has 4 nitrogen and oxygen atoms in total. The molecule has 0 radical (unpaired) electrons. The van der Waals surface area contributed by atoms with Gasteiger partial charge in [-0.1, -0.05) is 6.07 Å². The van der Waals surface area contributed by atoms with Crippen molar-refractivity contribution in [2.24, 2.45) is 0 Å². The molecule has 1 aliphatic carbocycles. The molecule has 0 aromatic heterocycles. The first-order valence-corrected chi connectivity index (χ1v) is 7.32. The molecule has 1 aromatic carbocycles. The number of hydrogen-bond acceptors (Lipinski definition) is 4. The fraction of sp³-hybridized carbons (Fsp3) is 0.625. The van der Waals surface area contributed by atoms with E-state index in [1.165, 1.54) is 0 Å². The van der Waals surface area contributed by atoms with Crippen LogP contribution in [0.4, 0.5) is 0 Å². The van der Waals surface area contributed by atoms with Gasteiger partial charge < -0.3 is 19.3 Å². The van der Waals surface area contributed by atoms with Crippen molar-refractivity contribution in [2.75, 3.05) is 20.3 Å². The molecule has 0 amide bonds. The Bertz CT molecular complexity index is 462. The summed E-state index contributed by atoms with van der Waals surface area (Å²) in [6.45, 7) is 1.46. The Hall–Kier alpha value is -1.26. The highest BCUT2D eigenvalue weighted by atomic mass is 16.5. The lowest BCUT2D eigenvalue weighted by molar-refractivity contribution is 0.00639. The van der Waals surface area contributed by atoms with Crippen LogP contribution < -0.4 is 9.47 Å². The van der Waals surface area contributed by atoms with Crippen LogP contribution in [0.15, 0.2) is 18.2 Å². The van der Waals surface area contributed by atoms with E-state index in [0.717, 1.165) is 49.4 Å². The average Bonchev–Trinajstić information content (AvgIpc) is 3.18. The summed E-state index contributed by atoms with van der Waals surface area (Å²) in [7, 11) is 1.65. The SMILES string of the molecule is COc1ccc(CC2(O)CC2)cc1OC1CCCOC1. The lowest BCUT2D eigenvalue weighted by Gasteiger charge is -2.24. The van der Waals surface area contributed by atoms with Crippen LogP contribution in [0.5, 0.6) is 11.5 Å². The molecule has 4 heteroatoms. The molecule has 2 fully saturated rings. The molecule has 0 bridgehead atoms. The van der Waals surface area contributed by atoms with Gasteiger partial charge >= 0.3 is 0 Å². The van der Waals surface area contributed by atoms with Crippen LogP contribution >= 0.6 is 0 Å². The number of aliphatic hydroxyl groups is 1. The number of ether oxygens (including phenoxy) is 3. The summed E-state index contributed by atoms with van der Waals surface area (Å²) in [5, 5.41) is 10.0. The number of hydrogen-bond donors (Lipinski definition) is 1. The lowest BCUT2D eigenvalue weighted by atomic mass is 10.1. The smallest absolute Gasteiger partial charge is 0.161 e. The van der Waals surface area contributed by atoms with Crippen molar-refractivity contribution < 1.29 is 19.3 Å². The largest absolute Gasteiger partial charge is 0.493 e. The van der Waals surface area contributed by atoms with Gasteiger partial charge in [0.15, 0.2) is 11.5 Å². The molecule has 1 N–H and O–H groups in total. The Morgan fingerprint density at radius 3 is 2.85 bits per heavy atom. The van der Waals surface area contributed by atoms with Crippen molar-refractivity contribution >= 4 is 0 Å². The molecule has 2 aliphatic rings. The molecule has 110 valence electrons. The van der Waals surface area contributed by atoms with Crippen LogP contribution in [0, 0.1) is 0 Å². The van der Waals surface area contributed by atoms with E-state index in [0.29, 0.717) is 13.0 Å². The lowest BCUT2D eigenvalue weighted by Crippen LogP contribution is -2.28. The number of methoxy groups -OCH3 is 1. The molecule has 1 aliphatic heterocycles. The van der Waals surface area contributed by atoms with Crippen LogP contribution in [0.25, 0.3) is 0 Å². The van der Waals surface area contributed by atoms with Gasteiger partial charge in [-0.2, -0.15) is 0 Å². The molecule has 1 saturated heterocycles. The summed E-state index contributed by atoms with van der Waals surface area (Å²) in [6, 6.07) is 5.91. The summed E-state index contributed by atoms with van der Waals surface area (Å²) >= 11 is 0. The van der Waals surface area contributed by atoms with Crippen molar-refractivity contribution in [2.45, 2.75) is 43.8 Å². The Morgan fingerprint density at radius 1 is 1.35 bits per heavy atom. The monoisotopic (exact) mass is 278 g/mol. The first-order chi connectivity index (χ1) is 9.68. The minimum atomic E-state index is -0.486. The van der Waals surface area contributed by atoms with Crippen LogP contribution in [0.1, 0.15) is 31.2 Å². The zero-order valence-corrected chi connectivity index (χ0v) is 11.9. The fourth-order valence-electron chi connectivity index (χ4n) is 2.61. The van der Waals surface area contributed by atoms with E-state index in [1.54, 1.807) is 7.11 Å². The van der Waals surface area contributed by atoms with Gasteiger partial charge in [-0.25, -0.2) is 0 Å². The van der Waals surface area contributed by atoms with E-state index < -0.39 is 5.60 Å². The highest BCUT2D eigenvalue weighted by Crippen LogP contribution is 2.40. The molecule has 1 heterocycles. The van der Waals surface area contributed by atoms with Gasteiger partial charge in [0.1, 0.15) is 6.10 Å². The van der Waals surface area contributed by atoms with Crippen molar-refractivity contribution in [1.29, 1.82) is 0 Å². The third-order valence-corrected chi connectivity index (χ3v) is 4.00. The van der Waals surface area contributed by atoms with Crippen molar-refractivity contribution in [3.63, 3.8) is 0 Å². The van der Waals surface area contributed by atoms with E-state index in [-0.39, 0.29) is 6.10 Å². The van der Waals surface area contributed by atoms with E-state index in [2.05, 4.69) is 0 Å². The summed E-state index contributed by atoms with van der Waals surface area (Å²) in [4.78, 5) is 0. The third-order valence-electron chi connectivity index (χ3n) is 4.00. The minimum absolute atomic E-state index is 0.0944. The van der Waals surface area contributed by atoms with Crippen molar-refractivity contribution in [3.05, 3.63) is 23.8 Å². The van der Waals surface area contributed by atoms with Crippen molar-refractivity contribution in [3.8, 4) is 11.5 Å². The molecular formula is C16H22O4. The Kier molecular flexibility index (Phi) is 3.85. The predicted octanol–water partition coefficient (Wildman–Crippen LogP) is 2.32. The van der Waals surface area contributed by atoms with Gasteiger partial charge in [-0.05, 0) is 43.4 Å². The van der Waals surface area contributed by atoms with Gasteiger partial charge in [-0.15, -0.1) is 0 Å². The molecule has 1 unspecified atom stereocenters. The van der Waals surface area contributed by atoms with Crippen LogP contribution in [0.3, 0.4) is 0 Å². The minimum Gasteiger partial charge on any atom is -0.493 e. The summed E-state index contributed by atoms with van der Waals surface area (Å²) in [6.07, 6.45) is 4.62. The molecular weight excluding hydrogens is 256 g/mol. The molecule has 1 aromatic rings. The van der Waals surface area contributed by atoms with Gasteiger partial charge in [0.2, 0.25) is 0 Å². The summed E-state index contributed by atoms with van der Waals surface area (Å²) < 4.78 is 16.8. The molecule has 20 heavy (non-hydrogen) atoms. The Morgan fingerprint density at radius 2 is 2.20 bits per heavy atom.